The largest absolute Gasteiger partial charge is 0.296 e. The van der Waals surface area contributed by atoms with Crippen LogP contribution < -0.4 is 5.32 Å². The average molecular weight is 298 g/mol. The molecular weight excluding hydrogens is 284 g/mol. The molecule has 6 heteroatoms. The van der Waals surface area contributed by atoms with Crippen LogP contribution in [0.5, 0.6) is 0 Å². The Bertz CT molecular complexity index is 779. The smallest absolute Gasteiger partial charge is 0.259 e. The van der Waals surface area contributed by atoms with Gasteiger partial charge in [-0.05, 0) is 18.6 Å². The van der Waals surface area contributed by atoms with E-state index < -0.39 is 0 Å². The van der Waals surface area contributed by atoms with Gasteiger partial charge in [0.25, 0.3) is 5.91 Å². The topological polar surface area (TPSA) is 67.8 Å². The van der Waals surface area contributed by atoms with Crippen LogP contribution in [0.15, 0.2) is 36.5 Å². The molecule has 0 atom stereocenters. The fourth-order valence-electron chi connectivity index (χ4n) is 2.07. The van der Waals surface area contributed by atoms with Gasteiger partial charge in [-0.15, -0.1) is 10.2 Å². The van der Waals surface area contributed by atoms with Crippen molar-refractivity contribution in [2.45, 2.75) is 19.8 Å². The minimum atomic E-state index is -0.210. The molecule has 1 N–H and O–H groups in total. The van der Waals surface area contributed by atoms with E-state index in [4.69, 9.17) is 0 Å². The minimum absolute atomic E-state index is 0.210. The van der Waals surface area contributed by atoms with Gasteiger partial charge in [0.15, 0.2) is 0 Å². The summed E-state index contributed by atoms with van der Waals surface area (Å²) < 4.78 is 0. The third-order valence-electron chi connectivity index (χ3n) is 3.03. The third-order valence-corrected chi connectivity index (χ3v) is 3.93. The molecule has 2 aromatic heterocycles. The van der Waals surface area contributed by atoms with E-state index in [-0.39, 0.29) is 5.91 Å². The Balaban J connectivity index is 1.86. The van der Waals surface area contributed by atoms with E-state index in [0.29, 0.717) is 16.2 Å². The standard InChI is InChI=1S/C15H14N4OS/c1-2-5-12-18-19-15(21-12)17-14(20)11-8-3-6-10-7-4-9-16-13(10)11/h3-4,6-9H,2,5H2,1H3,(H,17,19,20). The van der Waals surface area contributed by atoms with Gasteiger partial charge < -0.3 is 0 Å². The highest BCUT2D eigenvalue weighted by Gasteiger charge is 2.13. The maximum Gasteiger partial charge on any atom is 0.259 e. The molecule has 1 aromatic carbocycles. The van der Waals surface area contributed by atoms with Crippen molar-refractivity contribution in [2.24, 2.45) is 0 Å². The first-order valence-corrected chi connectivity index (χ1v) is 7.57. The average Bonchev–Trinajstić information content (AvgIpc) is 2.94. The second-order valence-corrected chi connectivity index (χ2v) is 5.65. The number of fused-ring (bicyclic) bond motifs is 1. The van der Waals surface area contributed by atoms with Crippen LogP contribution in [0.2, 0.25) is 0 Å². The molecule has 2 heterocycles. The maximum atomic E-state index is 12.4. The van der Waals surface area contributed by atoms with Crippen molar-refractivity contribution >= 4 is 33.3 Å². The van der Waals surface area contributed by atoms with E-state index in [1.165, 1.54) is 11.3 Å². The predicted octanol–water partition coefficient (Wildman–Crippen LogP) is 3.29. The molecule has 3 rings (SSSR count). The number of nitrogens with one attached hydrogen (secondary N) is 1. The van der Waals surface area contributed by atoms with E-state index in [1.807, 2.05) is 24.3 Å². The fraction of sp³-hybridized carbons (Fsp3) is 0.200. The SMILES string of the molecule is CCCc1nnc(NC(=O)c2cccc3cccnc23)s1. The van der Waals surface area contributed by atoms with Crippen molar-refractivity contribution in [2.75, 3.05) is 5.32 Å². The number of para-hydroxylation sites is 1. The minimum Gasteiger partial charge on any atom is -0.296 e. The Hall–Kier alpha value is -2.34. The summed E-state index contributed by atoms with van der Waals surface area (Å²) in [4.78, 5) is 16.7. The monoisotopic (exact) mass is 298 g/mol. The zero-order valence-electron chi connectivity index (χ0n) is 11.5. The summed E-state index contributed by atoms with van der Waals surface area (Å²) in [5, 5.41) is 13.2. The molecule has 0 radical (unpaired) electrons. The Morgan fingerprint density at radius 1 is 1.24 bits per heavy atom. The van der Waals surface area contributed by atoms with Crippen molar-refractivity contribution in [1.29, 1.82) is 0 Å². The molecule has 3 aromatic rings. The number of hydrogen-bond donors (Lipinski definition) is 1. The highest BCUT2D eigenvalue weighted by atomic mass is 32.1. The van der Waals surface area contributed by atoms with E-state index >= 15 is 0 Å². The number of hydrogen-bond acceptors (Lipinski definition) is 5. The number of carbonyl (C=O) groups is 1. The van der Waals surface area contributed by atoms with Gasteiger partial charge in [-0.3, -0.25) is 15.1 Å². The number of benzene rings is 1. The first-order chi connectivity index (χ1) is 10.3. The number of pyridine rings is 1. The maximum absolute atomic E-state index is 12.4. The van der Waals surface area contributed by atoms with Crippen LogP contribution in [-0.4, -0.2) is 21.1 Å². The molecule has 0 saturated carbocycles. The first-order valence-electron chi connectivity index (χ1n) is 6.75. The van der Waals surface area contributed by atoms with Gasteiger partial charge in [0.2, 0.25) is 5.13 Å². The lowest BCUT2D eigenvalue weighted by atomic mass is 10.1. The second-order valence-electron chi connectivity index (χ2n) is 4.59. The molecule has 0 fully saturated rings. The number of anilines is 1. The number of carbonyl (C=O) groups excluding carboxylic acids is 1. The van der Waals surface area contributed by atoms with Crippen LogP contribution in [0.4, 0.5) is 5.13 Å². The number of rotatable bonds is 4. The molecule has 21 heavy (non-hydrogen) atoms. The number of amides is 1. The number of aryl methyl sites for hydroxylation is 1. The van der Waals surface area contributed by atoms with Gasteiger partial charge in [0.05, 0.1) is 11.1 Å². The number of aromatic nitrogens is 3. The zero-order chi connectivity index (χ0) is 14.7. The lowest BCUT2D eigenvalue weighted by Crippen LogP contribution is -2.12. The summed E-state index contributed by atoms with van der Waals surface area (Å²) in [5.74, 6) is -0.210. The first kappa shape index (κ1) is 13.6. The highest BCUT2D eigenvalue weighted by molar-refractivity contribution is 7.15. The second kappa shape index (κ2) is 5.97. The molecular formula is C15H14N4OS. The van der Waals surface area contributed by atoms with E-state index in [2.05, 4.69) is 27.4 Å². The van der Waals surface area contributed by atoms with E-state index in [0.717, 1.165) is 23.2 Å². The van der Waals surface area contributed by atoms with Gasteiger partial charge in [-0.25, -0.2) is 0 Å². The molecule has 0 saturated heterocycles. The van der Waals surface area contributed by atoms with Crippen LogP contribution in [0, 0.1) is 0 Å². The molecule has 106 valence electrons. The predicted molar refractivity (Wildman–Crippen MR) is 83.6 cm³/mol. The summed E-state index contributed by atoms with van der Waals surface area (Å²) in [7, 11) is 0. The zero-order valence-corrected chi connectivity index (χ0v) is 12.4. The van der Waals surface area contributed by atoms with E-state index in [1.54, 1.807) is 12.3 Å². The van der Waals surface area contributed by atoms with Gasteiger partial charge in [0.1, 0.15) is 5.01 Å². The van der Waals surface area contributed by atoms with Crippen LogP contribution in [0.3, 0.4) is 0 Å². The molecule has 0 unspecified atom stereocenters. The molecule has 0 bridgehead atoms. The Morgan fingerprint density at radius 3 is 2.95 bits per heavy atom. The van der Waals surface area contributed by atoms with Crippen LogP contribution >= 0.6 is 11.3 Å². The molecule has 0 aliphatic heterocycles. The summed E-state index contributed by atoms with van der Waals surface area (Å²) in [6, 6.07) is 9.33. The van der Waals surface area contributed by atoms with Crippen LogP contribution in [-0.2, 0) is 6.42 Å². The molecule has 0 aliphatic rings. The molecule has 0 aliphatic carbocycles. The lowest BCUT2D eigenvalue weighted by molar-refractivity contribution is 0.102. The van der Waals surface area contributed by atoms with Gasteiger partial charge in [0, 0.05) is 18.0 Å². The summed E-state index contributed by atoms with van der Waals surface area (Å²) in [6.45, 7) is 2.08. The Labute approximate surface area is 126 Å². The molecule has 0 spiro atoms. The fourth-order valence-corrected chi connectivity index (χ4v) is 2.91. The Kier molecular flexibility index (Phi) is 3.87. The highest BCUT2D eigenvalue weighted by Crippen LogP contribution is 2.20. The van der Waals surface area contributed by atoms with Crippen LogP contribution in [0.25, 0.3) is 10.9 Å². The quantitative estimate of drug-likeness (QED) is 0.802. The van der Waals surface area contributed by atoms with Gasteiger partial charge in [-0.1, -0.05) is 36.5 Å². The summed E-state index contributed by atoms with van der Waals surface area (Å²) >= 11 is 1.41. The third kappa shape index (κ3) is 2.90. The van der Waals surface area contributed by atoms with Crippen LogP contribution in [0.1, 0.15) is 28.7 Å². The Morgan fingerprint density at radius 2 is 2.10 bits per heavy atom. The van der Waals surface area contributed by atoms with Gasteiger partial charge in [-0.2, -0.15) is 0 Å². The van der Waals surface area contributed by atoms with Gasteiger partial charge >= 0.3 is 0 Å². The van der Waals surface area contributed by atoms with Crippen molar-refractivity contribution in [3.8, 4) is 0 Å². The lowest BCUT2D eigenvalue weighted by Gasteiger charge is -2.04. The summed E-state index contributed by atoms with van der Waals surface area (Å²) in [5.41, 5.74) is 1.23. The van der Waals surface area contributed by atoms with Crippen molar-refractivity contribution in [3.63, 3.8) is 0 Å². The molecule has 5 nitrogen and oxygen atoms in total. The molecule has 1 amide bonds. The number of nitrogens with zero attached hydrogens (tertiary/aromatic N) is 3. The van der Waals surface area contributed by atoms with Crippen molar-refractivity contribution < 1.29 is 4.79 Å². The normalized spacial score (nSPS) is 10.7. The summed E-state index contributed by atoms with van der Waals surface area (Å²) in [6.07, 6.45) is 3.57. The van der Waals surface area contributed by atoms with E-state index in [9.17, 15) is 4.79 Å². The van der Waals surface area contributed by atoms with Crippen molar-refractivity contribution in [3.05, 3.63) is 47.1 Å². The van der Waals surface area contributed by atoms with Crippen molar-refractivity contribution in [1.82, 2.24) is 15.2 Å².